The highest BCUT2D eigenvalue weighted by molar-refractivity contribution is 7.86. The van der Waals surface area contributed by atoms with Crippen molar-refractivity contribution in [3.8, 4) is 0 Å². The number of carbonyl (C=O) groups is 1. The van der Waals surface area contributed by atoms with E-state index in [2.05, 4.69) is 0 Å². The average Bonchev–Trinajstić information content (AvgIpc) is 2.68. The second-order valence-corrected chi connectivity index (χ2v) is 6.99. The maximum absolute atomic E-state index is 11.8. The molecule has 0 fully saturated rings. The first-order chi connectivity index (χ1) is 13.5. The van der Waals surface area contributed by atoms with Crippen molar-refractivity contribution in [1.29, 1.82) is 0 Å². The Morgan fingerprint density at radius 1 is 0.714 bits per heavy atom. The first-order valence-electron chi connectivity index (χ1n) is 8.91. The van der Waals surface area contributed by atoms with E-state index in [0.29, 0.717) is 46.2 Å². The van der Waals surface area contributed by atoms with Crippen LogP contribution in [-0.2, 0) is 42.8 Å². The number of rotatable bonds is 17. The molecule has 0 spiro atoms. The summed E-state index contributed by atoms with van der Waals surface area (Å²) in [6.07, 6.45) is 0. The molecule has 0 bridgehead atoms. The van der Waals surface area contributed by atoms with Gasteiger partial charge in [0.15, 0.2) is 0 Å². The van der Waals surface area contributed by atoms with Gasteiger partial charge in [-0.3, -0.25) is 8.98 Å². The largest absolute Gasteiger partial charge is 0.463 e. The van der Waals surface area contributed by atoms with E-state index < -0.39 is 10.1 Å². The fraction of sp³-hybridized carbons (Fsp3) is 0.611. The zero-order chi connectivity index (χ0) is 20.5. The molecule has 0 aromatic heterocycles. The molecule has 1 aromatic rings. The summed E-state index contributed by atoms with van der Waals surface area (Å²) in [4.78, 5) is 10.6. The molecule has 9 nitrogen and oxygen atoms in total. The summed E-state index contributed by atoms with van der Waals surface area (Å²) in [5.74, 6) is -0.328. The molecule has 0 aliphatic heterocycles. The number of carbonyl (C=O) groups excluding carboxylic acids is 1. The molecule has 0 aliphatic carbocycles. The Labute approximate surface area is 165 Å². The van der Waals surface area contributed by atoms with Crippen molar-refractivity contribution in [3.63, 3.8) is 0 Å². The Bertz CT molecular complexity index is 619. The van der Waals surface area contributed by atoms with Crippen LogP contribution in [0.2, 0.25) is 0 Å². The standard InChI is InChI=1S/C18H28O9S/c1-17(19)26-15-13-24-11-9-22-7-8-23-10-12-25-14-16-27-28(20,21)18-5-3-2-4-6-18/h2-6H,7-16H2,1H3. The minimum atomic E-state index is -3.74. The second-order valence-electron chi connectivity index (χ2n) is 5.38. The maximum atomic E-state index is 11.8. The molecular weight excluding hydrogens is 392 g/mol. The van der Waals surface area contributed by atoms with Crippen LogP contribution in [-0.4, -0.2) is 80.5 Å². The fourth-order valence-corrected chi connectivity index (χ4v) is 2.78. The molecule has 0 N–H and O–H groups in total. The molecule has 1 rings (SSSR count). The molecule has 0 heterocycles. The van der Waals surface area contributed by atoms with Crippen molar-refractivity contribution in [2.45, 2.75) is 11.8 Å². The number of hydrogen-bond donors (Lipinski definition) is 0. The molecule has 0 saturated carbocycles. The van der Waals surface area contributed by atoms with Gasteiger partial charge in [0.05, 0.1) is 64.4 Å². The zero-order valence-corrected chi connectivity index (χ0v) is 16.9. The molecule has 0 amide bonds. The highest BCUT2D eigenvalue weighted by atomic mass is 32.2. The highest BCUT2D eigenvalue weighted by Crippen LogP contribution is 2.10. The van der Waals surface area contributed by atoms with Crippen LogP contribution in [0.1, 0.15) is 6.92 Å². The van der Waals surface area contributed by atoms with Gasteiger partial charge >= 0.3 is 5.97 Å². The van der Waals surface area contributed by atoms with E-state index in [9.17, 15) is 13.2 Å². The third-order valence-corrected chi connectivity index (χ3v) is 4.47. The van der Waals surface area contributed by atoms with Crippen LogP contribution in [0.15, 0.2) is 35.2 Å². The minimum Gasteiger partial charge on any atom is -0.463 e. The van der Waals surface area contributed by atoms with Crippen LogP contribution < -0.4 is 0 Å². The predicted octanol–water partition coefficient (Wildman–Crippen LogP) is 1.02. The molecule has 0 unspecified atom stereocenters. The van der Waals surface area contributed by atoms with Crippen molar-refractivity contribution < 1.29 is 41.1 Å². The van der Waals surface area contributed by atoms with Gasteiger partial charge in [-0.05, 0) is 12.1 Å². The lowest BCUT2D eigenvalue weighted by molar-refractivity contribution is -0.142. The quantitative estimate of drug-likeness (QED) is 0.207. The first-order valence-corrected chi connectivity index (χ1v) is 10.3. The van der Waals surface area contributed by atoms with E-state index in [0.717, 1.165) is 0 Å². The second kappa shape index (κ2) is 15.4. The van der Waals surface area contributed by atoms with Gasteiger partial charge in [-0.15, -0.1) is 0 Å². The van der Waals surface area contributed by atoms with Gasteiger partial charge < -0.3 is 23.7 Å². The van der Waals surface area contributed by atoms with Crippen LogP contribution in [0.3, 0.4) is 0 Å². The van der Waals surface area contributed by atoms with Gasteiger partial charge in [0, 0.05) is 6.92 Å². The molecule has 0 aliphatic rings. The molecule has 160 valence electrons. The normalized spacial score (nSPS) is 11.5. The maximum Gasteiger partial charge on any atom is 0.302 e. The highest BCUT2D eigenvalue weighted by Gasteiger charge is 2.13. The predicted molar refractivity (Wildman–Crippen MR) is 99.5 cm³/mol. The molecule has 10 heteroatoms. The van der Waals surface area contributed by atoms with Gasteiger partial charge in [-0.1, -0.05) is 18.2 Å². The third kappa shape index (κ3) is 12.8. The lowest BCUT2D eigenvalue weighted by Gasteiger charge is -2.08. The number of ether oxygens (including phenoxy) is 5. The molecular formula is C18H28O9S. The van der Waals surface area contributed by atoms with E-state index in [1.165, 1.54) is 19.1 Å². The topological polar surface area (TPSA) is 107 Å². The lowest BCUT2D eigenvalue weighted by Crippen LogP contribution is -2.15. The molecule has 28 heavy (non-hydrogen) atoms. The van der Waals surface area contributed by atoms with E-state index in [-0.39, 0.29) is 30.7 Å². The van der Waals surface area contributed by atoms with Crippen LogP contribution in [0.5, 0.6) is 0 Å². The van der Waals surface area contributed by atoms with Gasteiger partial charge in [-0.25, -0.2) is 0 Å². The minimum absolute atomic E-state index is 0.0577. The SMILES string of the molecule is CC(=O)OCCOCCOCCOCCOCCOS(=O)(=O)c1ccccc1. The van der Waals surface area contributed by atoms with Crippen molar-refractivity contribution >= 4 is 16.1 Å². The Hall–Kier alpha value is -1.56. The zero-order valence-electron chi connectivity index (χ0n) is 16.0. The van der Waals surface area contributed by atoms with Crippen LogP contribution >= 0.6 is 0 Å². The van der Waals surface area contributed by atoms with Gasteiger partial charge in [-0.2, -0.15) is 8.42 Å². The summed E-state index contributed by atoms with van der Waals surface area (Å²) in [7, 11) is -3.74. The summed E-state index contributed by atoms with van der Waals surface area (Å²) < 4.78 is 54.4. The molecule has 0 saturated heterocycles. The first kappa shape index (κ1) is 24.5. The van der Waals surface area contributed by atoms with E-state index in [1.807, 2.05) is 0 Å². The Balaban J connectivity index is 1.84. The van der Waals surface area contributed by atoms with Crippen molar-refractivity contribution in [2.75, 3.05) is 66.1 Å². The van der Waals surface area contributed by atoms with Crippen molar-refractivity contribution in [1.82, 2.24) is 0 Å². The lowest BCUT2D eigenvalue weighted by atomic mass is 10.4. The Kier molecular flexibility index (Phi) is 13.4. The van der Waals surface area contributed by atoms with E-state index >= 15 is 0 Å². The summed E-state index contributed by atoms with van der Waals surface area (Å²) >= 11 is 0. The Morgan fingerprint density at radius 3 is 1.61 bits per heavy atom. The molecule has 1 aromatic carbocycles. The number of hydrogen-bond acceptors (Lipinski definition) is 9. The van der Waals surface area contributed by atoms with Crippen LogP contribution in [0.4, 0.5) is 0 Å². The summed E-state index contributed by atoms with van der Waals surface area (Å²) in [6, 6.07) is 7.94. The van der Waals surface area contributed by atoms with Gasteiger partial charge in [0.2, 0.25) is 0 Å². The van der Waals surface area contributed by atoms with Crippen molar-refractivity contribution in [3.05, 3.63) is 30.3 Å². The van der Waals surface area contributed by atoms with Gasteiger partial charge in [0.25, 0.3) is 10.1 Å². The smallest absolute Gasteiger partial charge is 0.302 e. The molecule has 0 radical (unpaired) electrons. The van der Waals surface area contributed by atoms with Gasteiger partial charge in [0.1, 0.15) is 6.61 Å². The Morgan fingerprint density at radius 2 is 1.14 bits per heavy atom. The van der Waals surface area contributed by atoms with Crippen LogP contribution in [0.25, 0.3) is 0 Å². The number of esters is 1. The summed E-state index contributed by atoms with van der Waals surface area (Å²) in [5.41, 5.74) is 0. The summed E-state index contributed by atoms with van der Waals surface area (Å²) in [5, 5.41) is 0. The summed E-state index contributed by atoms with van der Waals surface area (Å²) in [6.45, 7) is 4.38. The van der Waals surface area contributed by atoms with Crippen molar-refractivity contribution in [2.24, 2.45) is 0 Å². The van der Waals surface area contributed by atoms with E-state index in [1.54, 1.807) is 18.2 Å². The molecule has 0 atom stereocenters. The average molecular weight is 420 g/mol. The number of benzene rings is 1. The third-order valence-electron chi connectivity index (χ3n) is 3.15. The van der Waals surface area contributed by atoms with Crippen LogP contribution in [0, 0.1) is 0 Å². The fourth-order valence-electron chi connectivity index (χ4n) is 1.86. The van der Waals surface area contributed by atoms with E-state index in [4.69, 9.17) is 27.9 Å². The monoisotopic (exact) mass is 420 g/mol.